The molecule has 0 radical (unpaired) electrons. The van der Waals surface area contributed by atoms with E-state index in [-0.39, 0.29) is 0 Å². The summed E-state index contributed by atoms with van der Waals surface area (Å²) < 4.78 is 36.7. The van der Waals surface area contributed by atoms with Crippen molar-refractivity contribution in [2.75, 3.05) is 0 Å². The number of rotatable bonds is 0. The molecule has 0 saturated carbocycles. The lowest BCUT2D eigenvalue weighted by Crippen LogP contribution is -1.70. The average molecular weight is 893 g/mol. The van der Waals surface area contributed by atoms with E-state index in [1.165, 1.54) is 75.3 Å². The molecule has 0 bridgehead atoms. The summed E-state index contributed by atoms with van der Waals surface area (Å²) in [4.78, 5) is 25.2. The van der Waals surface area contributed by atoms with Crippen LogP contribution in [0.5, 0.6) is 0 Å². The highest BCUT2D eigenvalue weighted by Gasteiger charge is 1.92. The summed E-state index contributed by atoms with van der Waals surface area (Å²) in [6.45, 7) is 24.3. The van der Waals surface area contributed by atoms with E-state index in [2.05, 4.69) is 106 Å². The SMILES string of the molecule is Cc1cnns1.Cc1csnn1.Cc1ncno1.Cc1ncns1.Cc1ncon1.Cc1nnsc1C.Cc1noc(C)n1.Cc1noc(C)n1.Cc1nsc(C)n1. The van der Waals surface area contributed by atoms with Gasteiger partial charge in [0.15, 0.2) is 23.8 Å². The lowest BCUT2D eigenvalue weighted by atomic mass is 10.4. The van der Waals surface area contributed by atoms with Gasteiger partial charge in [-0.05, 0) is 127 Å². The van der Waals surface area contributed by atoms with E-state index in [0.29, 0.717) is 35.1 Å². The fourth-order valence-corrected chi connectivity index (χ4v) is 4.61. The predicted molar refractivity (Wildman–Crippen MR) is 218 cm³/mol. The van der Waals surface area contributed by atoms with Crippen LogP contribution in [-0.2, 0) is 0 Å². The van der Waals surface area contributed by atoms with Crippen LogP contribution in [-0.4, -0.2) is 88.0 Å². The van der Waals surface area contributed by atoms with Crippen molar-refractivity contribution < 1.29 is 18.1 Å². The summed E-state index contributed by atoms with van der Waals surface area (Å²) in [5, 5.41) is 28.9. The Morgan fingerprint density at radius 3 is 1.36 bits per heavy atom. The minimum absolute atomic E-state index is 0.606. The molecule has 0 fully saturated rings. The van der Waals surface area contributed by atoms with Crippen molar-refractivity contribution in [3.05, 3.63) is 103 Å². The molecule has 0 amide bonds. The van der Waals surface area contributed by atoms with E-state index >= 15 is 0 Å². The number of aryl methyl sites for hydroxylation is 13. The molecule has 0 aliphatic heterocycles. The van der Waals surface area contributed by atoms with Crippen molar-refractivity contribution in [3.8, 4) is 0 Å². The normalized spacial score (nSPS) is 9.12. The first-order chi connectivity index (χ1) is 27.6. The maximum Gasteiger partial charge on any atom is 0.223 e. The molecule has 9 rings (SSSR count). The van der Waals surface area contributed by atoms with E-state index in [1.807, 2.05) is 53.8 Å². The van der Waals surface area contributed by atoms with Gasteiger partial charge in [0.2, 0.25) is 24.1 Å². The predicted octanol–water partition coefficient (Wildman–Crippen LogP) is 6.98. The number of nitrogens with zero attached hydrogens (tertiary/aromatic N) is 18. The Morgan fingerprint density at radius 2 is 1.22 bits per heavy atom. The third-order valence-corrected chi connectivity index (χ3v) is 8.33. The van der Waals surface area contributed by atoms with E-state index < -0.39 is 0 Å². The number of hydrogen-bond acceptors (Lipinski definition) is 27. The molecule has 27 heteroatoms. The Morgan fingerprint density at radius 1 is 0.534 bits per heavy atom. The van der Waals surface area contributed by atoms with Crippen molar-refractivity contribution in [2.45, 2.75) is 90.0 Å². The molecule has 0 aliphatic carbocycles. The van der Waals surface area contributed by atoms with Crippen LogP contribution in [0, 0.1) is 90.0 Å². The molecule has 9 aromatic rings. The molecule has 9 aromatic heterocycles. The van der Waals surface area contributed by atoms with Crippen molar-refractivity contribution in [1.29, 1.82) is 0 Å². The topological polar surface area (TPSA) is 285 Å². The zero-order valence-corrected chi connectivity index (χ0v) is 38.2. The van der Waals surface area contributed by atoms with Crippen LogP contribution in [0.4, 0.5) is 0 Å². The fraction of sp³-hybridized carbons (Fsp3) is 0.419. The Labute approximate surface area is 354 Å². The number of hydrogen-bond donors (Lipinski definition) is 0. The molecular weight excluding hydrogens is 849 g/mol. The summed E-state index contributed by atoms with van der Waals surface area (Å²) in [6.07, 6.45) is 5.97. The molecule has 0 atom stereocenters. The quantitative estimate of drug-likeness (QED) is 0.148. The van der Waals surface area contributed by atoms with Gasteiger partial charge in [-0.1, -0.05) is 34.1 Å². The second kappa shape index (κ2) is 30.5. The van der Waals surface area contributed by atoms with Gasteiger partial charge < -0.3 is 18.1 Å². The molecule has 58 heavy (non-hydrogen) atoms. The molecule has 0 saturated heterocycles. The van der Waals surface area contributed by atoms with E-state index in [9.17, 15) is 0 Å². The second-order valence-corrected chi connectivity index (χ2v) is 15.0. The molecule has 0 unspecified atom stereocenters. The first-order valence-electron chi connectivity index (χ1n) is 16.4. The Bertz CT molecular complexity index is 1860. The standard InChI is InChI=1S/2C4H6N2O.2C4H6N2S.2C3H4N2O.3C3H4N2S/c3*1-3-5-4(2)7-6-3;1-3-4(2)7-6-5-3;1-3-4-2-6-5-3;2*1-3-4-2-5-6-3;1-3-2-6-5-4-3;1-3-2-4-5-6-3/h4*1-2H3;5*2H,1H3. The Kier molecular flexibility index (Phi) is 26.5. The fourth-order valence-electron chi connectivity index (χ4n) is 2.59. The summed E-state index contributed by atoms with van der Waals surface area (Å²) in [5.74, 6) is 4.79. The zero-order chi connectivity index (χ0) is 43.1. The molecule has 312 valence electrons. The summed E-state index contributed by atoms with van der Waals surface area (Å²) >= 11 is 7.10. The molecule has 22 nitrogen and oxygen atoms in total. The van der Waals surface area contributed by atoms with Crippen LogP contribution in [0.3, 0.4) is 0 Å². The first kappa shape index (κ1) is 50.4. The Balaban J connectivity index is 0.000000327. The average Bonchev–Trinajstić information content (AvgIpc) is 3.99. The second-order valence-electron chi connectivity index (χ2n) is 10.5. The van der Waals surface area contributed by atoms with E-state index in [0.717, 1.165) is 32.1 Å². The van der Waals surface area contributed by atoms with Crippen molar-refractivity contribution >= 4 is 57.7 Å². The molecular formula is C31H44N18O4S5. The van der Waals surface area contributed by atoms with E-state index in [1.54, 1.807) is 54.1 Å². The van der Waals surface area contributed by atoms with Crippen LogP contribution in [0.15, 0.2) is 48.7 Å². The van der Waals surface area contributed by atoms with Gasteiger partial charge in [0, 0.05) is 35.9 Å². The van der Waals surface area contributed by atoms with Gasteiger partial charge in [0.25, 0.3) is 0 Å². The Hall–Kier alpha value is -5.64. The van der Waals surface area contributed by atoms with Gasteiger partial charge in [0.1, 0.15) is 22.2 Å². The highest BCUT2D eigenvalue weighted by atomic mass is 32.1. The van der Waals surface area contributed by atoms with Gasteiger partial charge in [-0.25, -0.2) is 9.97 Å². The van der Waals surface area contributed by atoms with Gasteiger partial charge in [0.05, 0.1) is 17.6 Å². The third-order valence-electron chi connectivity index (χ3n) is 5.12. The van der Waals surface area contributed by atoms with Crippen molar-refractivity contribution in [3.63, 3.8) is 0 Å². The van der Waals surface area contributed by atoms with Crippen LogP contribution < -0.4 is 0 Å². The summed E-state index contributed by atoms with van der Waals surface area (Å²) in [6, 6.07) is 0. The van der Waals surface area contributed by atoms with Gasteiger partial charge in [-0.2, -0.15) is 28.7 Å². The molecule has 0 N–H and O–H groups in total. The largest absolute Gasteiger partial charge is 0.343 e. The lowest BCUT2D eigenvalue weighted by Gasteiger charge is -1.74. The van der Waals surface area contributed by atoms with Crippen molar-refractivity contribution in [2.24, 2.45) is 0 Å². The van der Waals surface area contributed by atoms with Gasteiger partial charge >= 0.3 is 0 Å². The minimum atomic E-state index is 0.606. The maximum absolute atomic E-state index is 4.60. The van der Waals surface area contributed by atoms with E-state index in [4.69, 9.17) is 0 Å². The van der Waals surface area contributed by atoms with Crippen molar-refractivity contribution in [1.82, 2.24) is 88.0 Å². The zero-order valence-electron chi connectivity index (χ0n) is 34.1. The third kappa shape index (κ3) is 27.9. The van der Waals surface area contributed by atoms with Crippen LogP contribution in [0.2, 0.25) is 0 Å². The minimum Gasteiger partial charge on any atom is -0.343 e. The lowest BCUT2D eigenvalue weighted by molar-refractivity contribution is 0.389. The molecule has 0 aromatic carbocycles. The highest BCUT2D eigenvalue weighted by molar-refractivity contribution is 7.06. The maximum atomic E-state index is 4.60. The summed E-state index contributed by atoms with van der Waals surface area (Å²) in [7, 11) is 0. The molecule has 0 aliphatic rings. The monoisotopic (exact) mass is 892 g/mol. The smallest absolute Gasteiger partial charge is 0.223 e. The molecule has 9 heterocycles. The first-order valence-corrected chi connectivity index (χ1v) is 20.3. The van der Waals surface area contributed by atoms with Crippen LogP contribution >= 0.6 is 57.7 Å². The van der Waals surface area contributed by atoms with Gasteiger partial charge in [-0.15, -0.1) is 15.3 Å². The van der Waals surface area contributed by atoms with Gasteiger partial charge in [-0.3, -0.25) is 0 Å². The van der Waals surface area contributed by atoms with Crippen LogP contribution in [0.25, 0.3) is 0 Å². The van der Waals surface area contributed by atoms with Crippen LogP contribution in [0.1, 0.15) is 72.1 Å². The molecule has 0 spiro atoms. The summed E-state index contributed by atoms with van der Waals surface area (Å²) in [5.41, 5.74) is 2.05. The number of aromatic nitrogens is 18. The highest BCUT2D eigenvalue weighted by Crippen LogP contribution is 2.04.